The molecular formula is C17H16BrClN2O3S. The van der Waals surface area contributed by atoms with Crippen molar-refractivity contribution in [3.8, 4) is 11.5 Å². The van der Waals surface area contributed by atoms with Crippen LogP contribution in [0.2, 0.25) is 5.02 Å². The number of hydrogen-bond acceptors (Lipinski definition) is 5. The summed E-state index contributed by atoms with van der Waals surface area (Å²) in [6.07, 6.45) is 1.54. The Labute approximate surface area is 163 Å². The van der Waals surface area contributed by atoms with Crippen molar-refractivity contribution in [2.75, 3.05) is 20.0 Å². The first-order valence-corrected chi connectivity index (χ1v) is 9.31. The third-order valence-corrected chi connectivity index (χ3v) is 4.90. The molecule has 0 spiro atoms. The molecule has 0 bridgehead atoms. The monoisotopic (exact) mass is 442 g/mol. The highest BCUT2D eigenvalue weighted by Crippen LogP contribution is 2.35. The van der Waals surface area contributed by atoms with Crippen molar-refractivity contribution in [1.82, 2.24) is 5.43 Å². The molecule has 132 valence electrons. The Bertz CT molecular complexity index is 769. The second-order valence-corrected chi connectivity index (χ2v) is 7.11. The minimum atomic E-state index is -0.198. The standard InChI is InChI=1S/C17H16BrClN2O3S/c1-23-15-8-11(7-14(18)17(15)24-2)9-20-21-16(22)10-25-13-5-3-12(19)4-6-13/h3-9H,10H2,1-2H3,(H,21,22)/b20-9+. The number of carbonyl (C=O) groups excluding carboxylic acids is 1. The van der Waals surface area contributed by atoms with E-state index in [0.29, 0.717) is 16.5 Å². The molecule has 25 heavy (non-hydrogen) atoms. The Morgan fingerprint density at radius 3 is 2.64 bits per heavy atom. The quantitative estimate of drug-likeness (QED) is 0.392. The van der Waals surface area contributed by atoms with E-state index in [4.69, 9.17) is 21.1 Å². The van der Waals surface area contributed by atoms with Crippen LogP contribution in [0, 0.1) is 0 Å². The fraction of sp³-hybridized carbons (Fsp3) is 0.176. The van der Waals surface area contributed by atoms with Crippen molar-refractivity contribution in [3.63, 3.8) is 0 Å². The Hall–Kier alpha value is -1.70. The SMILES string of the molecule is COc1cc(/C=N/NC(=O)CSc2ccc(Cl)cc2)cc(Br)c1OC. The second-order valence-electron chi connectivity index (χ2n) is 4.77. The van der Waals surface area contributed by atoms with Crippen LogP contribution in [-0.2, 0) is 4.79 Å². The van der Waals surface area contributed by atoms with Crippen molar-refractivity contribution in [2.45, 2.75) is 4.90 Å². The molecule has 0 aliphatic heterocycles. The average Bonchev–Trinajstić information content (AvgIpc) is 2.60. The lowest BCUT2D eigenvalue weighted by Crippen LogP contribution is -2.19. The molecule has 1 amide bonds. The highest BCUT2D eigenvalue weighted by Gasteiger charge is 2.09. The Morgan fingerprint density at radius 1 is 1.28 bits per heavy atom. The lowest BCUT2D eigenvalue weighted by Gasteiger charge is -2.10. The second kappa shape index (κ2) is 9.70. The van der Waals surface area contributed by atoms with E-state index in [1.165, 1.54) is 18.0 Å². The summed E-state index contributed by atoms with van der Waals surface area (Å²) < 4.78 is 11.2. The predicted molar refractivity (Wildman–Crippen MR) is 105 cm³/mol. The van der Waals surface area contributed by atoms with Gasteiger partial charge in [-0.2, -0.15) is 5.10 Å². The number of halogens is 2. The third-order valence-electron chi connectivity index (χ3n) is 3.04. The molecule has 0 heterocycles. The average molecular weight is 444 g/mol. The van der Waals surface area contributed by atoms with E-state index < -0.39 is 0 Å². The molecule has 2 rings (SSSR count). The maximum atomic E-state index is 11.8. The molecule has 5 nitrogen and oxygen atoms in total. The van der Waals surface area contributed by atoms with E-state index in [1.54, 1.807) is 32.4 Å². The van der Waals surface area contributed by atoms with Crippen LogP contribution in [-0.4, -0.2) is 32.1 Å². The molecule has 0 aromatic heterocycles. The van der Waals surface area contributed by atoms with Gasteiger partial charge in [0.15, 0.2) is 11.5 Å². The zero-order valence-corrected chi connectivity index (χ0v) is 16.7. The van der Waals surface area contributed by atoms with Gasteiger partial charge in [0.1, 0.15) is 0 Å². The van der Waals surface area contributed by atoms with Crippen LogP contribution >= 0.6 is 39.3 Å². The van der Waals surface area contributed by atoms with Gasteiger partial charge in [0, 0.05) is 9.92 Å². The molecule has 1 N–H and O–H groups in total. The number of benzene rings is 2. The van der Waals surface area contributed by atoms with Gasteiger partial charge in [-0.3, -0.25) is 4.79 Å². The fourth-order valence-electron chi connectivity index (χ4n) is 1.90. The van der Waals surface area contributed by atoms with Crippen LogP contribution in [0.4, 0.5) is 0 Å². The number of hydrazone groups is 1. The smallest absolute Gasteiger partial charge is 0.250 e. The van der Waals surface area contributed by atoms with Crippen LogP contribution in [0.1, 0.15) is 5.56 Å². The minimum Gasteiger partial charge on any atom is -0.493 e. The maximum Gasteiger partial charge on any atom is 0.250 e. The minimum absolute atomic E-state index is 0.198. The molecule has 0 aliphatic carbocycles. The molecule has 2 aromatic rings. The van der Waals surface area contributed by atoms with E-state index >= 15 is 0 Å². The first-order chi connectivity index (χ1) is 12.0. The Balaban J connectivity index is 1.90. The summed E-state index contributed by atoms with van der Waals surface area (Å²) in [5.41, 5.74) is 3.25. The molecule has 0 atom stereocenters. The lowest BCUT2D eigenvalue weighted by atomic mass is 10.2. The maximum absolute atomic E-state index is 11.8. The van der Waals surface area contributed by atoms with Crippen molar-refractivity contribution in [1.29, 1.82) is 0 Å². The van der Waals surface area contributed by atoms with Crippen molar-refractivity contribution < 1.29 is 14.3 Å². The van der Waals surface area contributed by atoms with Gasteiger partial charge in [0.25, 0.3) is 0 Å². The largest absolute Gasteiger partial charge is 0.493 e. The number of hydrogen-bond donors (Lipinski definition) is 1. The molecule has 0 aliphatic rings. The number of nitrogens with one attached hydrogen (secondary N) is 1. The van der Waals surface area contributed by atoms with Gasteiger partial charge in [-0.05, 0) is 57.9 Å². The van der Waals surface area contributed by atoms with Gasteiger partial charge in [-0.25, -0.2) is 5.43 Å². The summed E-state index contributed by atoms with van der Waals surface area (Å²) in [6.45, 7) is 0. The Kier molecular flexibility index (Phi) is 7.61. The zero-order valence-electron chi connectivity index (χ0n) is 13.6. The highest BCUT2D eigenvalue weighted by molar-refractivity contribution is 9.10. The number of nitrogens with zero attached hydrogens (tertiary/aromatic N) is 1. The fourth-order valence-corrected chi connectivity index (χ4v) is 3.34. The number of thioether (sulfide) groups is 1. The van der Waals surface area contributed by atoms with Crippen LogP contribution in [0.3, 0.4) is 0 Å². The van der Waals surface area contributed by atoms with E-state index in [2.05, 4.69) is 26.5 Å². The number of rotatable bonds is 7. The van der Waals surface area contributed by atoms with Crippen LogP contribution in [0.5, 0.6) is 11.5 Å². The summed E-state index contributed by atoms with van der Waals surface area (Å²) >= 11 is 10.6. The zero-order chi connectivity index (χ0) is 18.2. The molecule has 0 unspecified atom stereocenters. The van der Waals surface area contributed by atoms with Gasteiger partial charge in [-0.1, -0.05) is 11.6 Å². The number of carbonyl (C=O) groups is 1. The van der Waals surface area contributed by atoms with E-state index in [9.17, 15) is 4.79 Å². The van der Waals surface area contributed by atoms with Crippen molar-refractivity contribution >= 4 is 51.4 Å². The van der Waals surface area contributed by atoms with Crippen LogP contribution in [0.25, 0.3) is 0 Å². The van der Waals surface area contributed by atoms with Crippen LogP contribution < -0.4 is 14.9 Å². The molecule has 0 saturated carbocycles. The van der Waals surface area contributed by atoms with Crippen molar-refractivity contribution in [2.24, 2.45) is 5.10 Å². The third kappa shape index (κ3) is 5.95. The number of ether oxygens (including phenoxy) is 2. The summed E-state index contributed by atoms with van der Waals surface area (Å²) in [7, 11) is 3.12. The number of amides is 1. The van der Waals surface area contributed by atoms with Gasteiger partial charge in [-0.15, -0.1) is 11.8 Å². The van der Waals surface area contributed by atoms with E-state index in [-0.39, 0.29) is 11.7 Å². The van der Waals surface area contributed by atoms with Gasteiger partial charge >= 0.3 is 0 Å². The number of methoxy groups -OCH3 is 2. The first-order valence-electron chi connectivity index (χ1n) is 7.15. The van der Waals surface area contributed by atoms with E-state index in [0.717, 1.165) is 14.9 Å². The molecule has 0 fully saturated rings. The summed E-state index contributed by atoms with van der Waals surface area (Å²) in [6, 6.07) is 10.9. The van der Waals surface area contributed by atoms with Crippen LogP contribution in [0.15, 0.2) is 50.9 Å². The Morgan fingerprint density at radius 2 is 2.00 bits per heavy atom. The van der Waals surface area contributed by atoms with Gasteiger partial charge < -0.3 is 9.47 Å². The first kappa shape index (κ1) is 19.6. The van der Waals surface area contributed by atoms with Gasteiger partial charge in [0.05, 0.1) is 30.7 Å². The summed E-state index contributed by atoms with van der Waals surface area (Å²) in [5, 5.41) is 4.63. The molecule has 8 heteroatoms. The molecule has 0 saturated heterocycles. The molecule has 2 aromatic carbocycles. The normalized spacial score (nSPS) is 10.7. The molecule has 0 radical (unpaired) electrons. The molecular weight excluding hydrogens is 428 g/mol. The van der Waals surface area contributed by atoms with Crippen molar-refractivity contribution in [3.05, 3.63) is 51.5 Å². The lowest BCUT2D eigenvalue weighted by molar-refractivity contribution is -0.118. The highest BCUT2D eigenvalue weighted by atomic mass is 79.9. The summed E-state index contributed by atoms with van der Waals surface area (Å²) in [4.78, 5) is 12.8. The van der Waals surface area contributed by atoms with Gasteiger partial charge in [0.2, 0.25) is 5.91 Å². The summed E-state index contributed by atoms with van der Waals surface area (Å²) in [5.74, 6) is 1.23. The predicted octanol–water partition coefficient (Wildman–Crippen LogP) is 4.36. The topological polar surface area (TPSA) is 59.9 Å². The van der Waals surface area contributed by atoms with E-state index in [1.807, 2.05) is 18.2 Å².